The monoisotopic (exact) mass is 393 g/mol. The molecule has 1 aliphatic rings. The Labute approximate surface area is 154 Å². The van der Waals surface area contributed by atoms with Gasteiger partial charge in [-0.3, -0.25) is 4.79 Å². The van der Waals surface area contributed by atoms with Crippen molar-refractivity contribution in [2.24, 2.45) is 0 Å². The zero-order chi connectivity index (χ0) is 15.5. The Balaban J connectivity index is 0.00000144. The van der Waals surface area contributed by atoms with Crippen LogP contribution in [0.25, 0.3) is 10.2 Å². The first-order valence-electron chi connectivity index (χ1n) is 6.87. The number of carbonyl (C=O) groups is 2. The van der Waals surface area contributed by atoms with Crippen molar-refractivity contribution in [1.29, 1.82) is 0 Å². The van der Waals surface area contributed by atoms with Crippen LogP contribution in [-0.2, 0) is 9.53 Å². The van der Waals surface area contributed by atoms with Crippen molar-refractivity contribution in [2.45, 2.75) is 12.5 Å². The van der Waals surface area contributed by atoms with Crippen LogP contribution in [0.2, 0.25) is 0 Å². The number of rotatable bonds is 4. The third-order valence-corrected chi connectivity index (χ3v) is 4.46. The van der Waals surface area contributed by atoms with Crippen molar-refractivity contribution in [3.63, 3.8) is 0 Å². The first kappa shape index (κ1) is 20.6. The van der Waals surface area contributed by atoms with Gasteiger partial charge in [0.25, 0.3) is 0 Å². The standard InChI is InChI=1S/C14H15N3O4S.2ClH/c18-10(6-8-7-21-5-4-15-8)17-11-9-2-1-3-16-13(9)22-12(11)14(19)20;;/h1-3,8,15H,4-7H2,(H,17,18)(H,19,20);2*1H. The minimum atomic E-state index is -1.07. The summed E-state index contributed by atoms with van der Waals surface area (Å²) in [6.07, 6.45) is 1.83. The molecule has 1 atom stereocenters. The molecule has 2 aromatic rings. The summed E-state index contributed by atoms with van der Waals surface area (Å²) in [5.74, 6) is -1.31. The number of carboxylic acids is 1. The Bertz CT molecular complexity index is 719. The summed E-state index contributed by atoms with van der Waals surface area (Å²) in [7, 11) is 0. The molecule has 1 saturated heterocycles. The second-order valence-corrected chi connectivity index (χ2v) is 5.94. The summed E-state index contributed by atoms with van der Waals surface area (Å²) in [4.78, 5) is 28.4. The summed E-state index contributed by atoms with van der Waals surface area (Å²) < 4.78 is 5.31. The van der Waals surface area contributed by atoms with Crippen molar-refractivity contribution >= 4 is 63.9 Å². The fraction of sp³-hybridized carbons (Fsp3) is 0.357. The van der Waals surface area contributed by atoms with Gasteiger partial charge in [-0.25, -0.2) is 9.78 Å². The number of fused-ring (bicyclic) bond motifs is 1. The number of ether oxygens (including phenoxy) is 1. The molecule has 0 aromatic carbocycles. The summed E-state index contributed by atoms with van der Waals surface area (Å²) in [6.45, 7) is 1.83. The Hall–Kier alpha value is -1.45. The third kappa shape index (κ3) is 4.55. The summed E-state index contributed by atoms with van der Waals surface area (Å²) >= 11 is 1.05. The van der Waals surface area contributed by atoms with Crippen LogP contribution in [-0.4, -0.2) is 47.8 Å². The normalized spacial score (nSPS) is 16.8. The van der Waals surface area contributed by atoms with Gasteiger partial charge in [-0.15, -0.1) is 36.2 Å². The predicted octanol–water partition coefficient (Wildman–Crippen LogP) is 2.16. The van der Waals surface area contributed by atoms with Crippen molar-refractivity contribution in [3.8, 4) is 0 Å². The first-order valence-corrected chi connectivity index (χ1v) is 7.68. The lowest BCUT2D eigenvalue weighted by Crippen LogP contribution is -2.43. The number of nitrogens with zero attached hydrogens (tertiary/aromatic N) is 1. The van der Waals surface area contributed by atoms with Crippen molar-refractivity contribution in [1.82, 2.24) is 10.3 Å². The smallest absolute Gasteiger partial charge is 0.348 e. The van der Waals surface area contributed by atoms with Gasteiger partial charge in [-0.1, -0.05) is 0 Å². The van der Waals surface area contributed by atoms with Crippen LogP contribution in [0, 0.1) is 0 Å². The first-order chi connectivity index (χ1) is 10.6. The van der Waals surface area contributed by atoms with Gasteiger partial charge in [0.1, 0.15) is 9.71 Å². The zero-order valence-electron chi connectivity index (χ0n) is 12.5. The number of amides is 1. The third-order valence-electron chi connectivity index (χ3n) is 3.36. The Morgan fingerprint density at radius 1 is 1.46 bits per heavy atom. The number of anilines is 1. The number of aromatic carboxylic acids is 1. The van der Waals surface area contributed by atoms with Gasteiger partial charge in [0.2, 0.25) is 5.91 Å². The Morgan fingerprint density at radius 3 is 2.92 bits per heavy atom. The molecule has 0 spiro atoms. The van der Waals surface area contributed by atoms with Crippen LogP contribution in [0.4, 0.5) is 5.69 Å². The maximum Gasteiger partial charge on any atom is 0.348 e. The van der Waals surface area contributed by atoms with Gasteiger partial charge in [0, 0.05) is 30.6 Å². The lowest BCUT2D eigenvalue weighted by atomic mass is 10.2. The second-order valence-electron chi connectivity index (χ2n) is 4.95. The van der Waals surface area contributed by atoms with E-state index in [4.69, 9.17) is 4.74 Å². The Morgan fingerprint density at radius 2 is 2.25 bits per heavy atom. The van der Waals surface area contributed by atoms with Crippen molar-refractivity contribution < 1.29 is 19.4 Å². The molecule has 10 heteroatoms. The molecule has 0 aliphatic carbocycles. The highest BCUT2D eigenvalue weighted by Crippen LogP contribution is 2.34. The molecule has 1 fully saturated rings. The topological polar surface area (TPSA) is 101 Å². The highest BCUT2D eigenvalue weighted by molar-refractivity contribution is 7.21. The second kappa shape index (κ2) is 9.14. The number of nitrogens with one attached hydrogen (secondary N) is 2. The van der Waals surface area contributed by atoms with Gasteiger partial charge < -0.3 is 20.5 Å². The van der Waals surface area contributed by atoms with E-state index in [-0.39, 0.29) is 48.1 Å². The lowest BCUT2D eigenvalue weighted by Gasteiger charge is -2.23. The highest BCUT2D eigenvalue weighted by Gasteiger charge is 2.22. The zero-order valence-corrected chi connectivity index (χ0v) is 14.9. The van der Waals surface area contributed by atoms with Crippen molar-refractivity contribution in [2.75, 3.05) is 25.1 Å². The number of hydrogen-bond acceptors (Lipinski definition) is 6. The maximum atomic E-state index is 12.2. The molecule has 24 heavy (non-hydrogen) atoms. The molecule has 2 aromatic heterocycles. The fourth-order valence-electron chi connectivity index (χ4n) is 2.37. The molecule has 132 valence electrons. The van der Waals surface area contributed by atoms with E-state index in [2.05, 4.69) is 15.6 Å². The summed E-state index contributed by atoms with van der Waals surface area (Å²) in [6, 6.07) is 3.42. The number of carboxylic acid groups (broad SMARTS) is 1. The maximum absolute atomic E-state index is 12.2. The van der Waals surface area contributed by atoms with E-state index in [1.165, 1.54) is 0 Å². The number of aromatic nitrogens is 1. The van der Waals surface area contributed by atoms with E-state index in [0.717, 1.165) is 11.3 Å². The van der Waals surface area contributed by atoms with E-state index in [1.807, 2.05) is 0 Å². The van der Waals surface area contributed by atoms with E-state index in [1.54, 1.807) is 18.3 Å². The van der Waals surface area contributed by atoms with Gasteiger partial charge in [0.15, 0.2) is 0 Å². The number of hydrogen-bond donors (Lipinski definition) is 3. The molecule has 3 heterocycles. The number of morpholine rings is 1. The van der Waals surface area contributed by atoms with Crippen LogP contribution in [0.3, 0.4) is 0 Å². The van der Waals surface area contributed by atoms with Gasteiger partial charge >= 0.3 is 5.97 Å². The highest BCUT2D eigenvalue weighted by atomic mass is 35.5. The molecule has 3 N–H and O–H groups in total. The fourth-order valence-corrected chi connectivity index (χ4v) is 3.31. The average Bonchev–Trinajstić information content (AvgIpc) is 2.87. The minimum Gasteiger partial charge on any atom is -0.477 e. The van der Waals surface area contributed by atoms with E-state index in [0.29, 0.717) is 35.7 Å². The predicted molar refractivity (Wildman–Crippen MR) is 96.9 cm³/mol. The molecular formula is C14H17Cl2N3O4S. The summed E-state index contributed by atoms with van der Waals surface area (Å²) in [5.41, 5.74) is 0.322. The van der Waals surface area contributed by atoms with Crippen LogP contribution >= 0.6 is 36.2 Å². The van der Waals surface area contributed by atoms with E-state index in [9.17, 15) is 14.7 Å². The van der Waals surface area contributed by atoms with Crippen LogP contribution in [0.15, 0.2) is 18.3 Å². The molecule has 3 rings (SSSR count). The van der Waals surface area contributed by atoms with Gasteiger partial charge in [-0.2, -0.15) is 0 Å². The number of pyridine rings is 1. The molecule has 7 nitrogen and oxygen atoms in total. The largest absolute Gasteiger partial charge is 0.477 e. The van der Waals surface area contributed by atoms with E-state index < -0.39 is 5.97 Å². The number of thiophene rings is 1. The molecule has 0 bridgehead atoms. The van der Waals surface area contributed by atoms with Crippen LogP contribution in [0.1, 0.15) is 16.1 Å². The average molecular weight is 394 g/mol. The Kier molecular flexibility index (Phi) is 7.85. The molecule has 1 aliphatic heterocycles. The summed E-state index contributed by atoms with van der Waals surface area (Å²) in [5, 5.41) is 15.9. The van der Waals surface area contributed by atoms with Crippen LogP contribution in [0.5, 0.6) is 0 Å². The van der Waals surface area contributed by atoms with Crippen molar-refractivity contribution in [3.05, 3.63) is 23.2 Å². The SMILES string of the molecule is Cl.Cl.O=C(CC1COCCN1)Nc1c(C(=O)O)sc2ncccc12. The van der Waals surface area contributed by atoms with E-state index >= 15 is 0 Å². The molecule has 1 unspecified atom stereocenters. The molecular weight excluding hydrogens is 377 g/mol. The van der Waals surface area contributed by atoms with Crippen LogP contribution < -0.4 is 10.6 Å². The van der Waals surface area contributed by atoms with Gasteiger partial charge in [0.05, 0.1) is 18.9 Å². The minimum absolute atomic E-state index is 0. The number of halogens is 2. The quantitative estimate of drug-likeness (QED) is 0.735. The number of carbonyl (C=O) groups excluding carboxylic acids is 1. The molecule has 0 saturated carbocycles. The van der Waals surface area contributed by atoms with Gasteiger partial charge in [-0.05, 0) is 12.1 Å². The molecule has 0 radical (unpaired) electrons. The molecule has 1 amide bonds. The lowest BCUT2D eigenvalue weighted by molar-refractivity contribution is -0.117.